The molecular weight excluding hydrogens is 280 g/mol. The molecule has 1 aliphatic heterocycles. The first kappa shape index (κ1) is 16.5. The van der Waals surface area contributed by atoms with Crippen molar-refractivity contribution in [2.24, 2.45) is 5.92 Å². The highest BCUT2D eigenvalue weighted by Gasteiger charge is 2.39. The Morgan fingerprint density at radius 1 is 1.38 bits per heavy atom. The molecule has 3 nitrogen and oxygen atoms in total. The first-order chi connectivity index (χ1) is 10.1. The molecule has 2 rings (SSSR count). The van der Waals surface area contributed by atoms with Crippen LogP contribution in [0.4, 0.5) is 0 Å². The van der Waals surface area contributed by atoms with E-state index in [-0.39, 0.29) is 12.2 Å². The minimum Gasteiger partial charge on any atom is -0.321 e. The largest absolute Gasteiger partial charge is 0.321 e. The SMILES string of the molecule is CCCCC1NC(c2cccs2)N(CCCC(C)C)C1=O. The van der Waals surface area contributed by atoms with Gasteiger partial charge in [0, 0.05) is 11.4 Å². The molecule has 4 heteroatoms. The Kier molecular flexibility index (Phi) is 6.24. The highest BCUT2D eigenvalue weighted by atomic mass is 32.1. The van der Waals surface area contributed by atoms with Gasteiger partial charge in [0.15, 0.2) is 0 Å². The molecule has 2 unspecified atom stereocenters. The molecule has 0 aliphatic carbocycles. The van der Waals surface area contributed by atoms with E-state index < -0.39 is 0 Å². The van der Waals surface area contributed by atoms with E-state index in [1.54, 1.807) is 11.3 Å². The molecule has 21 heavy (non-hydrogen) atoms. The number of nitrogens with one attached hydrogen (secondary N) is 1. The summed E-state index contributed by atoms with van der Waals surface area (Å²) in [6, 6.07) is 4.21. The van der Waals surface area contributed by atoms with Crippen LogP contribution in [0.5, 0.6) is 0 Å². The molecule has 1 aromatic heterocycles. The van der Waals surface area contributed by atoms with Crippen molar-refractivity contribution in [3.63, 3.8) is 0 Å². The van der Waals surface area contributed by atoms with Crippen LogP contribution in [0, 0.1) is 5.92 Å². The lowest BCUT2D eigenvalue weighted by molar-refractivity contribution is -0.130. The van der Waals surface area contributed by atoms with Gasteiger partial charge >= 0.3 is 0 Å². The summed E-state index contributed by atoms with van der Waals surface area (Å²) >= 11 is 1.74. The maximum absolute atomic E-state index is 12.7. The summed E-state index contributed by atoms with van der Waals surface area (Å²) in [7, 11) is 0. The Labute approximate surface area is 132 Å². The van der Waals surface area contributed by atoms with Gasteiger partial charge in [-0.1, -0.05) is 39.7 Å². The van der Waals surface area contributed by atoms with E-state index in [2.05, 4.69) is 48.5 Å². The third kappa shape index (κ3) is 4.30. The van der Waals surface area contributed by atoms with Crippen molar-refractivity contribution in [3.05, 3.63) is 22.4 Å². The molecule has 0 radical (unpaired) electrons. The number of nitrogens with zero attached hydrogens (tertiary/aromatic N) is 1. The molecule has 1 N–H and O–H groups in total. The summed E-state index contributed by atoms with van der Waals surface area (Å²) in [4.78, 5) is 16.0. The zero-order valence-electron chi connectivity index (χ0n) is 13.5. The zero-order chi connectivity index (χ0) is 15.2. The van der Waals surface area contributed by atoms with E-state index in [1.165, 1.54) is 11.3 Å². The lowest BCUT2D eigenvalue weighted by Crippen LogP contribution is -2.32. The summed E-state index contributed by atoms with van der Waals surface area (Å²) in [5.41, 5.74) is 0. The maximum Gasteiger partial charge on any atom is 0.241 e. The molecular formula is C17H28N2OS. The Bertz CT molecular complexity index is 430. The molecule has 1 aliphatic rings. The van der Waals surface area contributed by atoms with Crippen LogP contribution in [0.3, 0.4) is 0 Å². The van der Waals surface area contributed by atoms with E-state index in [0.717, 1.165) is 32.2 Å². The highest BCUT2D eigenvalue weighted by molar-refractivity contribution is 7.10. The van der Waals surface area contributed by atoms with Gasteiger partial charge in [0.1, 0.15) is 6.17 Å². The number of hydrogen-bond donors (Lipinski definition) is 1. The minimum absolute atomic E-state index is 0.0103. The van der Waals surface area contributed by atoms with Crippen LogP contribution < -0.4 is 5.32 Å². The van der Waals surface area contributed by atoms with Gasteiger partial charge in [-0.2, -0.15) is 0 Å². The minimum atomic E-state index is 0.0103. The third-order valence-corrected chi connectivity index (χ3v) is 5.02. The third-order valence-electron chi connectivity index (χ3n) is 4.09. The number of hydrogen-bond acceptors (Lipinski definition) is 3. The van der Waals surface area contributed by atoms with Gasteiger partial charge in [-0.15, -0.1) is 11.3 Å². The Hall–Kier alpha value is -0.870. The number of carbonyl (C=O) groups excluding carboxylic acids is 1. The van der Waals surface area contributed by atoms with Crippen molar-refractivity contribution < 1.29 is 4.79 Å². The summed E-state index contributed by atoms with van der Waals surface area (Å²) in [5.74, 6) is 0.998. The van der Waals surface area contributed by atoms with Gasteiger partial charge in [0.05, 0.1) is 6.04 Å². The lowest BCUT2D eigenvalue weighted by Gasteiger charge is -2.23. The van der Waals surface area contributed by atoms with Crippen molar-refractivity contribution in [2.45, 2.75) is 65.1 Å². The first-order valence-electron chi connectivity index (χ1n) is 8.23. The monoisotopic (exact) mass is 308 g/mol. The van der Waals surface area contributed by atoms with Crippen molar-refractivity contribution in [2.75, 3.05) is 6.54 Å². The fourth-order valence-electron chi connectivity index (χ4n) is 2.89. The quantitative estimate of drug-likeness (QED) is 0.781. The van der Waals surface area contributed by atoms with Gasteiger partial charge in [-0.3, -0.25) is 10.1 Å². The number of amides is 1. The molecule has 1 amide bonds. The highest BCUT2D eigenvalue weighted by Crippen LogP contribution is 2.30. The first-order valence-corrected chi connectivity index (χ1v) is 9.11. The van der Waals surface area contributed by atoms with Crippen LogP contribution in [0.15, 0.2) is 17.5 Å². The molecule has 2 heterocycles. The number of thiophene rings is 1. The maximum atomic E-state index is 12.7. The summed E-state index contributed by atoms with van der Waals surface area (Å²) in [6.07, 6.45) is 5.57. The second-order valence-electron chi connectivity index (χ2n) is 6.35. The molecule has 1 aromatic rings. The van der Waals surface area contributed by atoms with Crippen molar-refractivity contribution in [1.82, 2.24) is 10.2 Å². The number of rotatable bonds is 8. The van der Waals surface area contributed by atoms with Gasteiger partial charge in [-0.25, -0.2) is 0 Å². The normalized spacial score (nSPS) is 22.5. The number of unbranched alkanes of at least 4 members (excludes halogenated alkanes) is 1. The standard InChI is InChI=1S/C17H28N2OS/c1-4-5-9-14-17(20)19(11-6-8-13(2)3)16(18-14)15-10-7-12-21-15/h7,10,12-14,16,18H,4-6,8-9,11H2,1-3H3. The Morgan fingerprint density at radius 2 is 2.19 bits per heavy atom. The smallest absolute Gasteiger partial charge is 0.241 e. The van der Waals surface area contributed by atoms with E-state index in [4.69, 9.17) is 0 Å². The van der Waals surface area contributed by atoms with Crippen LogP contribution in [0.2, 0.25) is 0 Å². The van der Waals surface area contributed by atoms with Crippen molar-refractivity contribution in [3.8, 4) is 0 Å². The zero-order valence-corrected chi connectivity index (χ0v) is 14.3. The van der Waals surface area contributed by atoms with Crippen LogP contribution in [-0.2, 0) is 4.79 Å². The molecule has 1 fully saturated rings. The van der Waals surface area contributed by atoms with Crippen LogP contribution >= 0.6 is 11.3 Å². The summed E-state index contributed by atoms with van der Waals surface area (Å²) in [6.45, 7) is 7.53. The van der Waals surface area contributed by atoms with Crippen LogP contribution in [0.1, 0.15) is 63.9 Å². The van der Waals surface area contributed by atoms with Crippen molar-refractivity contribution >= 4 is 17.2 Å². The topological polar surface area (TPSA) is 32.3 Å². The van der Waals surface area contributed by atoms with E-state index in [1.807, 2.05) is 0 Å². The van der Waals surface area contributed by atoms with Gasteiger partial charge in [0.25, 0.3) is 0 Å². The summed E-state index contributed by atoms with van der Waals surface area (Å²) < 4.78 is 0. The Morgan fingerprint density at radius 3 is 2.81 bits per heavy atom. The lowest BCUT2D eigenvalue weighted by atomic mass is 10.1. The second-order valence-corrected chi connectivity index (χ2v) is 7.33. The summed E-state index contributed by atoms with van der Waals surface area (Å²) in [5, 5.41) is 5.64. The van der Waals surface area contributed by atoms with Gasteiger partial charge < -0.3 is 4.90 Å². The van der Waals surface area contributed by atoms with E-state index in [0.29, 0.717) is 11.8 Å². The van der Waals surface area contributed by atoms with Crippen LogP contribution in [0.25, 0.3) is 0 Å². The van der Waals surface area contributed by atoms with Crippen LogP contribution in [-0.4, -0.2) is 23.4 Å². The average molecular weight is 308 g/mol. The molecule has 118 valence electrons. The average Bonchev–Trinajstić information content (AvgIpc) is 3.06. The van der Waals surface area contributed by atoms with Gasteiger partial charge in [0.2, 0.25) is 5.91 Å². The second kappa shape index (κ2) is 7.95. The predicted octanol–water partition coefficient (Wildman–Crippen LogP) is 4.17. The molecule has 0 saturated carbocycles. The van der Waals surface area contributed by atoms with E-state index >= 15 is 0 Å². The molecule has 0 spiro atoms. The predicted molar refractivity (Wildman–Crippen MR) is 89.3 cm³/mol. The van der Waals surface area contributed by atoms with Crippen molar-refractivity contribution in [1.29, 1.82) is 0 Å². The van der Waals surface area contributed by atoms with E-state index in [9.17, 15) is 4.79 Å². The fraction of sp³-hybridized carbons (Fsp3) is 0.706. The molecule has 1 saturated heterocycles. The molecule has 0 bridgehead atoms. The fourth-order valence-corrected chi connectivity index (χ4v) is 3.68. The Balaban J connectivity index is 2.03. The van der Waals surface area contributed by atoms with Gasteiger partial charge in [-0.05, 0) is 36.6 Å². The molecule has 0 aromatic carbocycles. The molecule has 2 atom stereocenters. The number of carbonyl (C=O) groups is 1.